The van der Waals surface area contributed by atoms with Crippen LogP contribution in [0.4, 0.5) is 0 Å². The largest absolute Gasteiger partial charge is 0.384 e. The van der Waals surface area contributed by atoms with E-state index in [0.29, 0.717) is 18.6 Å². The highest BCUT2D eigenvalue weighted by molar-refractivity contribution is 7.09. The number of aryl methyl sites for hydroxylation is 1. The van der Waals surface area contributed by atoms with Crippen LogP contribution < -0.4 is 5.32 Å². The second-order valence-corrected chi connectivity index (χ2v) is 8.81. The van der Waals surface area contributed by atoms with E-state index in [2.05, 4.69) is 20.6 Å². The molecule has 132 valence electrons. The standard InChI is InChI=1S/C18H27N3O2S/c1-12-10-24-16(19-12)9-21-7-14(13-3-4-13)15(8-21)20-17(22)18(5-6-18)11-23-2/h10,13-15H,3-9,11H2,1-2H3,(H,20,22)/t14-,15+/m0/s1. The van der Waals surface area contributed by atoms with E-state index in [1.54, 1.807) is 18.4 Å². The number of methoxy groups -OCH3 is 1. The second kappa shape index (κ2) is 6.39. The lowest BCUT2D eigenvalue weighted by atomic mass is 9.97. The van der Waals surface area contributed by atoms with Crippen LogP contribution in [0.25, 0.3) is 0 Å². The molecule has 24 heavy (non-hydrogen) atoms. The number of amides is 1. The van der Waals surface area contributed by atoms with E-state index in [1.807, 2.05) is 6.92 Å². The molecule has 1 aromatic heterocycles. The van der Waals surface area contributed by atoms with Crippen LogP contribution in [0.2, 0.25) is 0 Å². The van der Waals surface area contributed by atoms with Crippen LogP contribution in [0.5, 0.6) is 0 Å². The predicted octanol–water partition coefficient (Wildman–Crippen LogP) is 2.20. The maximum atomic E-state index is 12.7. The van der Waals surface area contributed by atoms with Crippen molar-refractivity contribution in [1.29, 1.82) is 0 Å². The van der Waals surface area contributed by atoms with Crippen molar-refractivity contribution in [3.8, 4) is 0 Å². The first-order valence-electron chi connectivity index (χ1n) is 9.03. The summed E-state index contributed by atoms with van der Waals surface area (Å²) in [6, 6.07) is 0.292. The van der Waals surface area contributed by atoms with Crippen LogP contribution in [0.3, 0.4) is 0 Å². The molecule has 1 aliphatic heterocycles. The molecule has 4 rings (SSSR count). The van der Waals surface area contributed by atoms with Crippen molar-refractivity contribution < 1.29 is 9.53 Å². The molecule has 2 atom stereocenters. The van der Waals surface area contributed by atoms with Crippen LogP contribution in [0.15, 0.2) is 5.38 Å². The Morgan fingerprint density at radius 2 is 2.25 bits per heavy atom. The lowest BCUT2D eigenvalue weighted by Gasteiger charge is -2.23. The third-order valence-corrected chi connectivity index (χ3v) is 6.72. The van der Waals surface area contributed by atoms with Crippen LogP contribution in [-0.2, 0) is 16.1 Å². The number of aromatic nitrogens is 1. The van der Waals surface area contributed by atoms with Crippen molar-refractivity contribution in [1.82, 2.24) is 15.2 Å². The maximum Gasteiger partial charge on any atom is 0.228 e. The first-order valence-corrected chi connectivity index (χ1v) is 9.91. The summed E-state index contributed by atoms with van der Waals surface area (Å²) in [6.45, 7) is 5.56. The number of hydrogen-bond donors (Lipinski definition) is 1. The topological polar surface area (TPSA) is 54.5 Å². The molecular weight excluding hydrogens is 322 g/mol. The van der Waals surface area contributed by atoms with Gasteiger partial charge in [-0.2, -0.15) is 0 Å². The number of carbonyl (C=O) groups excluding carboxylic acids is 1. The molecular formula is C18H27N3O2S. The molecule has 0 unspecified atom stereocenters. The van der Waals surface area contributed by atoms with Gasteiger partial charge in [0.2, 0.25) is 5.91 Å². The van der Waals surface area contributed by atoms with Gasteiger partial charge >= 0.3 is 0 Å². The fourth-order valence-electron chi connectivity index (χ4n) is 4.05. The molecule has 1 aromatic rings. The maximum absolute atomic E-state index is 12.7. The predicted molar refractivity (Wildman–Crippen MR) is 93.8 cm³/mol. The van der Waals surface area contributed by atoms with Gasteiger partial charge in [0.05, 0.1) is 18.6 Å². The van der Waals surface area contributed by atoms with Gasteiger partial charge in [-0.15, -0.1) is 11.3 Å². The molecule has 2 heterocycles. The van der Waals surface area contributed by atoms with Gasteiger partial charge in [0.25, 0.3) is 0 Å². The SMILES string of the molecule is COCC1(C(=O)N[C@@H]2CN(Cc3nc(C)cs3)C[C@H]2C2CC2)CC1. The fraction of sp³-hybridized carbons (Fsp3) is 0.778. The summed E-state index contributed by atoms with van der Waals surface area (Å²) < 4.78 is 5.27. The third kappa shape index (κ3) is 3.37. The average Bonchev–Trinajstić information content (AvgIpc) is 3.45. The minimum Gasteiger partial charge on any atom is -0.384 e. The van der Waals surface area contributed by atoms with Gasteiger partial charge in [0.15, 0.2) is 0 Å². The molecule has 1 amide bonds. The normalized spacial score (nSPS) is 28.9. The highest BCUT2D eigenvalue weighted by atomic mass is 32.1. The number of thiazole rings is 1. The van der Waals surface area contributed by atoms with Crippen molar-refractivity contribution in [3.05, 3.63) is 16.1 Å². The highest BCUT2D eigenvalue weighted by Gasteiger charge is 2.52. The second-order valence-electron chi connectivity index (χ2n) is 7.87. The molecule has 1 N–H and O–H groups in total. The minimum atomic E-state index is -0.233. The van der Waals surface area contributed by atoms with E-state index < -0.39 is 0 Å². The summed E-state index contributed by atoms with van der Waals surface area (Å²) in [4.78, 5) is 19.8. The van der Waals surface area contributed by atoms with Crippen LogP contribution >= 0.6 is 11.3 Å². The Hall–Kier alpha value is -0.980. The summed E-state index contributed by atoms with van der Waals surface area (Å²) in [5.74, 6) is 1.62. The summed E-state index contributed by atoms with van der Waals surface area (Å²) >= 11 is 1.74. The van der Waals surface area contributed by atoms with Gasteiger partial charge in [-0.3, -0.25) is 9.69 Å². The number of hydrogen-bond acceptors (Lipinski definition) is 5. The highest BCUT2D eigenvalue weighted by Crippen LogP contribution is 2.47. The van der Waals surface area contributed by atoms with Crippen LogP contribution in [0.1, 0.15) is 36.4 Å². The Morgan fingerprint density at radius 1 is 1.46 bits per heavy atom. The Kier molecular flexibility index (Phi) is 4.39. The molecule has 0 aromatic carbocycles. The molecule has 2 saturated carbocycles. The average molecular weight is 350 g/mol. The zero-order valence-corrected chi connectivity index (χ0v) is 15.4. The van der Waals surface area contributed by atoms with Crippen LogP contribution in [-0.4, -0.2) is 48.6 Å². The molecule has 3 aliphatic rings. The number of nitrogens with one attached hydrogen (secondary N) is 1. The number of rotatable bonds is 7. The van der Waals surface area contributed by atoms with Gasteiger partial charge in [0, 0.05) is 37.3 Å². The molecule has 0 bridgehead atoms. The number of ether oxygens (including phenoxy) is 1. The zero-order valence-electron chi connectivity index (χ0n) is 14.6. The number of likely N-dealkylation sites (tertiary alicyclic amines) is 1. The Morgan fingerprint density at radius 3 is 2.83 bits per heavy atom. The quantitative estimate of drug-likeness (QED) is 0.820. The zero-order chi connectivity index (χ0) is 16.7. The lowest BCUT2D eigenvalue weighted by Crippen LogP contribution is -2.45. The van der Waals surface area contributed by atoms with Gasteiger partial charge in [-0.25, -0.2) is 4.98 Å². The molecule has 1 saturated heterocycles. The van der Waals surface area contributed by atoms with E-state index in [4.69, 9.17) is 4.74 Å². The van der Waals surface area contributed by atoms with Gasteiger partial charge in [0.1, 0.15) is 5.01 Å². The molecule has 3 fully saturated rings. The molecule has 5 nitrogen and oxygen atoms in total. The van der Waals surface area contributed by atoms with Crippen molar-refractivity contribution in [2.45, 2.75) is 45.2 Å². The van der Waals surface area contributed by atoms with E-state index in [1.165, 1.54) is 17.8 Å². The van der Waals surface area contributed by atoms with E-state index in [-0.39, 0.29) is 11.3 Å². The summed E-state index contributed by atoms with van der Waals surface area (Å²) in [5.41, 5.74) is 0.871. The van der Waals surface area contributed by atoms with Crippen molar-refractivity contribution >= 4 is 17.2 Å². The molecule has 0 spiro atoms. The monoisotopic (exact) mass is 349 g/mol. The van der Waals surface area contributed by atoms with Crippen molar-refractivity contribution in [2.75, 3.05) is 26.8 Å². The minimum absolute atomic E-state index is 0.215. The van der Waals surface area contributed by atoms with Crippen molar-refractivity contribution in [3.63, 3.8) is 0 Å². The van der Waals surface area contributed by atoms with Crippen molar-refractivity contribution in [2.24, 2.45) is 17.3 Å². The lowest BCUT2D eigenvalue weighted by molar-refractivity contribution is -0.129. The first-order chi connectivity index (χ1) is 11.6. The van der Waals surface area contributed by atoms with Gasteiger partial charge in [-0.05, 0) is 44.4 Å². The van der Waals surface area contributed by atoms with E-state index in [9.17, 15) is 4.79 Å². The smallest absolute Gasteiger partial charge is 0.228 e. The number of carbonyl (C=O) groups is 1. The third-order valence-electron chi connectivity index (χ3n) is 5.77. The molecule has 0 radical (unpaired) electrons. The Bertz CT molecular complexity index is 609. The van der Waals surface area contributed by atoms with E-state index >= 15 is 0 Å². The summed E-state index contributed by atoms with van der Waals surface area (Å²) in [5, 5.41) is 6.68. The fourth-order valence-corrected chi connectivity index (χ4v) is 4.86. The van der Waals surface area contributed by atoms with Gasteiger partial charge < -0.3 is 10.1 Å². The van der Waals surface area contributed by atoms with Crippen LogP contribution in [0, 0.1) is 24.2 Å². The Balaban J connectivity index is 1.39. The summed E-state index contributed by atoms with van der Waals surface area (Å²) in [6.07, 6.45) is 4.58. The molecule has 6 heteroatoms. The summed E-state index contributed by atoms with van der Waals surface area (Å²) in [7, 11) is 1.69. The number of nitrogens with zero attached hydrogens (tertiary/aromatic N) is 2. The van der Waals surface area contributed by atoms with Gasteiger partial charge in [-0.1, -0.05) is 0 Å². The molecule has 2 aliphatic carbocycles. The first kappa shape index (κ1) is 16.5. The van der Waals surface area contributed by atoms with E-state index in [0.717, 1.165) is 44.1 Å². The Labute approximate surface area is 147 Å².